The molecule has 0 amide bonds. The molecule has 0 spiro atoms. The molecule has 0 unspecified atom stereocenters. The highest BCUT2D eigenvalue weighted by atomic mass is 16.6. The Labute approximate surface area is 61.6 Å². The van der Waals surface area contributed by atoms with Gasteiger partial charge in [-0.1, -0.05) is 26.7 Å². The van der Waals surface area contributed by atoms with Gasteiger partial charge in [0.25, 0.3) is 0 Å². The van der Waals surface area contributed by atoms with Crippen molar-refractivity contribution in [2.75, 3.05) is 6.54 Å². The second kappa shape index (κ2) is 5.21. The van der Waals surface area contributed by atoms with Crippen molar-refractivity contribution in [1.82, 2.24) is 0 Å². The molecule has 0 radical (unpaired) electrons. The standard InChI is InChI=1S/C7H15NO2/c1-3-7(4-2)5-6-8(9)10/h7H,3-6H2,1-2H3. The van der Waals surface area contributed by atoms with Crippen molar-refractivity contribution >= 4 is 0 Å². The Morgan fingerprint density at radius 1 is 1.40 bits per heavy atom. The largest absolute Gasteiger partial charge is 0.265 e. The molecule has 0 aliphatic rings. The topological polar surface area (TPSA) is 43.1 Å². The molecule has 0 aromatic rings. The Kier molecular flexibility index (Phi) is 4.89. The first kappa shape index (κ1) is 9.40. The predicted octanol–water partition coefficient (Wildman–Crippen LogP) is 2.09. The molecular formula is C7H15NO2. The maximum Gasteiger partial charge on any atom is 0.204 e. The summed E-state index contributed by atoms with van der Waals surface area (Å²) in [5.74, 6) is 0.547. The molecule has 3 heteroatoms. The number of nitrogens with zero attached hydrogens (tertiary/aromatic N) is 1. The summed E-state index contributed by atoms with van der Waals surface area (Å²) in [6.07, 6.45) is 2.86. The average Bonchev–Trinajstić information content (AvgIpc) is 1.90. The van der Waals surface area contributed by atoms with Crippen LogP contribution < -0.4 is 0 Å². The van der Waals surface area contributed by atoms with E-state index in [2.05, 4.69) is 13.8 Å². The molecule has 0 N–H and O–H groups in total. The van der Waals surface area contributed by atoms with Gasteiger partial charge < -0.3 is 0 Å². The lowest BCUT2D eigenvalue weighted by molar-refractivity contribution is -0.481. The zero-order valence-corrected chi connectivity index (χ0v) is 6.67. The molecule has 10 heavy (non-hydrogen) atoms. The Balaban J connectivity index is 3.34. The van der Waals surface area contributed by atoms with Crippen LogP contribution in [0.4, 0.5) is 0 Å². The van der Waals surface area contributed by atoms with Gasteiger partial charge in [0, 0.05) is 11.3 Å². The van der Waals surface area contributed by atoms with Crippen LogP contribution in [0.3, 0.4) is 0 Å². The molecule has 0 aromatic carbocycles. The Bertz CT molecular complexity index is 99.8. The average molecular weight is 145 g/mol. The molecule has 0 fully saturated rings. The molecule has 3 nitrogen and oxygen atoms in total. The fourth-order valence-corrected chi connectivity index (χ4v) is 0.985. The molecule has 0 heterocycles. The molecule has 60 valence electrons. The van der Waals surface area contributed by atoms with Crippen molar-refractivity contribution in [2.24, 2.45) is 5.92 Å². The van der Waals surface area contributed by atoms with Crippen molar-refractivity contribution in [1.29, 1.82) is 0 Å². The minimum atomic E-state index is -0.238. The summed E-state index contributed by atoms with van der Waals surface area (Å²) in [5.41, 5.74) is 0. The fraction of sp³-hybridized carbons (Fsp3) is 1.00. The van der Waals surface area contributed by atoms with Crippen LogP contribution in [0.2, 0.25) is 0 Å². The van der Waals surface area contributed by atoms with Crippen LogP contribution in [0.25, 0.3) is 0 Å². The minimum Gasteiger partial charge on any atom is -0.265 e. The summed E-state index contributed by atoms with van der Waals surface area (Å²) in [6, 6.07) is 0. The van der Waals surface area contributed by atoms with E-state index in [1.165, 1.54) is 0 Å². The van der Waals surface area contributed by atoms with E-state index in [1.54, 1.807) is 0 Å². The van der Waals surface area contributed by atoms with Crippen LogP contribution in [0.1, 0.15) is 33.1 Å². The monoisotopic (exact) mass is 145 g/mol. The van der Waals surface area contributed by atoms with Gasteiger partial charge in [0.2, 0.25) is 6.54 Å². The summed E-state index contributed by atoms with van der Waals surface area (Å²) in [4.78, 5) is 9.70. The minimum absolute atomic E-state index is 0.131. The third-order valence-corrected chi connectivity index (χ3v) is 1.87. The zero-order chi connectivity index (χ0) is 7.98. The summed E-state index contributed by atoms with van der Waals surface area (Å²) < 4.78 is 0. The van der Waals surface area contributed by atoms with Crippen molar-refractivity contribution in [3.8, 4) is 0 Å². The van der Waals surface area contributed by atoms with Gasteiger partial charge in [-0.25, -0.2) is 0 Å². The second-order valence-electron chi connectivity index (χ2n) is 2.53. The highest BCUT2D eigenvalue weighted by molar-refractivity contribution is 4.52. The van der Waals surface area contributed by atoms with Crippen molar-refractivity contribution in [3.63, 3.8) is 0 Å². The first-order chi connectivity index (χ1) is 4.70. The summed E-state index contributed by atoms with van der Waals surface area (Å²) in [6.45, 7) is 4.29. The third kappa shape index (κ3) is 4.30. The zero-order valence-electron chi connectivity index (χ0n) is 6.67. The van der Waals surface area contributed by atoms with Gasteiger partial charge in [-0.15, -0.1) is 0 Å². The molecule has 0 atom stereocenters. The second-order valence-corrected chi connectivity index (χ2v) is 2.53. The van der Waals surface area contributed by atoms with Gasteiger partial charge in [-0.3, -0.25) is 10.1 Å². The summed E-state index contributed by atoms with van der Waals surface area (Å²) >= 11 is 0. The number of hydrogen-bond donors (Lipinski definition) is 0. The van der Waals surface area contributed by atoms with Crippen LogP contribution in [-0.4, -0.2) is 11.5 Å². The van der Waals surface area contributed by atoms with Gasteiger partial charge >= 0.3 is 0 Å². The van der Waals surface area contributed by atoms with E-state index in [1.807, 2.05) is 0 Å². The predicted molar refractivity (Wildman–Crippen MR) is 40.6 cm³/mol. The summed E-state index contributed by atoms with van der Waals surface area (Å²) in [5, 5.41) is 9.94. The molecule has 0 saturated carbocycles. The first-order valence-corrected chi connectivity index (χ1v) is 3.82. The van der Waals surface area contributed by atoms with E-state index < -0.39 is 0 Å². The van der Waals surface area contributed by atoms with E-state index >= 15 is 0 Å². The van der Waals surface area contributed by atoms with Gasteiger partial charge in [-0.2, -0.15) is 0 Å². The Morgan fingerprint density at radius 2 is 1.90 bits per heavy atom. The van der Waals surface area contributed by atoms with Crippen LogP contribution in [0.5, 0.6) is 0 Å². The van der Waals surface area contributed by atoms with Crippen molar-refractivity contribution in [2.45, 2.75) is 33.1 Å². The van der Waals surface area contributed by atoms with E-state index in [4.69, 9.17) is 0 Å². The van der Waals surface area contributed by atoms with Gasteiger partial charge in [0.1, 0.15) is 0 Å². The number of nitro groups is 1. The maximum absolute atomic E-state index is 9.94. The first-order valence-electron chi connectivity index (χ1n) is 3.82. The smallest absolute Gasteiger partial charge is 0.204 e. The highest BCUT2D eigenvalue weighted by Crippen LogP contribution is 2.11. The fourth-order valence-electron chi connectivity index (χ4n) is 0.985. The Hall–Kier alpha value is -0.600. The lowest BCUT2D eigenvalue weighted by Gasteiger charge is -2.07. The van der Waals surface area contributed by atoms with Crippen molar-refractivity contribution < 1.29 is 4.92 Å². The van der Waals surface area contributed by atoms with Crippen LogP contribution in [0.15, 0.2) is 0 Å². The van der Waals surface area contributed by atoms with E-state index in [9.17, 15) is 10.1 Å². The molecule has 0 aliphatic heterocycles. The lowest BCUT2D eigenvalue weighted by atomic mass is 10.00. The van der Waals surface area contributed by atoms with Crippen LogP contribution >= 0.6 is 0 Å². The molecule has 0 bridgehead atoms. The molecular weight excluding hydrogens is 130 g/mol. The number of hydrogen-bond acceptors (Lipinski definition) is 2. The van der Waals surface area contributed by atoms with Gasteiger partial charge in [0.05, 0.1) is 0 Å². The molecule has 0 rings (SSSR count). The SMILES string of the molecule is CCC(CC)CC[N+](=O)[O-]. The highest BCUT2D eigenvalue weighted by Gasteiger charge is 2.06. The van der Waals surface area contributed by atoms with E-state index in [0.717, 1.165) is 19.3 Å². The molecule has 0 aromatic heterocycles. The van der Waals surface area contributed by atoms with Gasteiger partial charge in [-0.05, 0) is 5.92 Å². The number of rotatable bonds is 5. The summed E-state index contributed by atoms with van der Waals surface area (Å²) in [7, 11) is 0. The van der Waals surface area contributed by atoms with E-state index in [0.29, 0.717) is 5.92 Å². The lowest BCUT2D eigenvalue weighted by Crippen LogP contribution is -2.07. The van der Waals surface area contributed by atoms with Crippen molar-refractivity contribution in [3.05, 3.63) is 10.1 Å². The van der Waals surface area contributed by atoms with E-state index in [-0.39, 0.29) is 11.5 Å². The maximum atomic E-state index is 9.94. The normalized spacial score (nSPS) is 10.3. The molecule has 0 saturated heterocycles. The van der Waals surface area contributed by atoms with Crippen LogP contribution in [0, 0.1) is 16.0 Å². The van der Waals surface area contributed by atoms with Crippen LogP contribution in [-0.2, 0) is 0 Å². The quantitative estimate of drug-likeness (QED) is 0.439. The Morgan fingerprint density at radius 3 is 2.20 bits per heavy atom. The van der Waals surface area contributed by atoms with Gasteiger partial charge in [0.15, 0.2) is 0 Å². The third-order valence-electron chi connectivity index (χ3n) is 1.87. The molecule has 0 aliphatic carbocycles.